The van der Waals surface area contributed by atoms with Crippen LogP contribution in [0.15, 0.2) is 59.8 Å². The zero-order chi connectivity index (χ0) is 25.4. The zero-order valence-electron chi connectivity index (χ0n) is 20.9. The molecule has 2 atom stereocenters. The minimum Gasteiger partial charge on any atom is -0.495 e. The second kappa shape index (κ2) is 9.60. The van der Waals surface area contributed by atoms with Crippen LogP contribution < -0.4 is 10.1 Å². The molecule has 3 aliphatic rings. The molecular weight excluding hydrogens is 475 g/mol. The minimum absolute atomic E-state index is 0.208. The lowest BCUT2D eigenvalue weighted by Gasteiger charge is -2.49. The first-order valence-electron chi connectivity index (χ1n) is 12.4. The van der Waals surface area contributed by atoms with Crippen LogP contribution >= 0.6 is 0 Å². The highest BCUT2D eigenvalue weighted by atomic mass is 19.1. The van der Waals surface area contributed by atoms with E-state index in [1.165, 1.54) is 12.3 Å². The van der Waals surface area contributed by atoms with Crippen LogP contribution in [0.3, 0.4) is 0 Å². The largest absolute Gasteiger partial charge is 0.495 e. The summed E-state index contributed by atoms with van der Waals surface area (Å²) in [5, 5.41) is 7.95. The average molecular weight is 505 g/mol. The molecule has 37 heavy (non-hydrogen) atoms. The number of rotatable bonds is 4. The Morgan fingerprint density at radius 1 is 1.24 bits per heavy atom. The van der Waals surface area contributed by atoms with Gasteiger partial charge in [0, 0.05) is 31.3 Å². The van der Waals surface area contributed by atoms with Crippen molar-refractivity contribution in [3.05, 3.63) is 77.4 Å². The minimum atomic E-state index is -0.420. The Bertz CT molecular complexity index is 1350. The number of aromatic nitrogens is 3. The summed E-state index contributed by atoms with van der Waals surface area (Å²) < 4.78 is 27.7. The first kappa shape index (κ1) is 23.6. The van der Waals surface area contributed by atoms with E-state index in [4.69, 9.17) is 14.3 Å². The van der Waals surface area contributed by atoms with E-state index in [9.17, 15) is 4.39 Å². The maximum atomic E-state index is 13.6. The molecule has 2 aromatic heterocycles. The molecule has 5 heterocycles. The molecular formula is C27H29FN6O3. The van der Waals surface area contributed by atoms with Gasteiger partial charge in [-0.1, -0.05) is 11.2 Å². The Balaban J connectivity index is 1.39. The molecule has 0 bridgehead atoms. The van der Waals surface area contributed by atoms with Crippen molar-refractivity contribution in [2.75, 3.05) is 40.0 Å². The highest BCUT2D eigenvalue weighted by Crippen LogP contribution is 2.39. The number of oxime groups is 1. The standard InChI is InChI=1S/C27H29FN6O3/c1-18-13-33(17-31-18)23-6-3-19(10-25(23)35-2)9-20-11-27(15-29-7-8-36-27)16-34-24(14-37-32-26(20)34)22-5-4-21(28)12-30-22/h3-6,9-10,12-13,17,24,29H,7-8,11,14-16H2,1-2H3/b20-9+. The summed E-state index contributed by atoms with van der Waals surface area (Å²) >= 11 is 0. The molecule has 1 N–H and O–H groups in total. The molecule has 0 radical (unpaired) electrons. The highest BCUT2D eigenvalue weighted by molar-refractivity contribution is 6.03. The predicted octanol–water partition coefficient (Wildman–Crippen LogP) is 3.26. The molecule has 0 saturated carbocycles. The second-order valence-corrected chi connectivity index (χ2v) is 9.66. The van der Waals surface area contributed by atoms with E-state index in [1.807, 2.05) is 29.8 Å². The Kier molecular flexibility index (Phi) is 6.13. The van der Waals surface area contributed by atoms with Gasteiger partial charge in [0.1, 0.15) is 29.8 Å². The SMILES string of the molecule is COc1cc(/C=C2\CC3(CNCCO3)CN3C2=NOCC3c2ccc(F)cn2)ccc1-n1cnc(C)c1. The third kappa shape index (κ3) is 4.58. The van der Waals surface area contributed by atoms with Crippen molar-refractivity contribution in [2.45, 2.75) is 25.0 Å². The number of ether oxygens (including phenoxy) is 2. The molecule has 1 spiro atoms. The average Bonchev–Trinajstić information content (AvgIpc) is 3.35. The summed E-state index contributed by atoms with van der Waals surface area (Å²) in [5.74, 6) is 1.11. The molecule has 1 aromatic carbocycles. The van der Waals surface area contributed by atoms with Crippen molar-refractivity contribution in [2.24, 2.45) is 5.16 Å². The van der Waals surface area contributed by atoms with Gasteiger partial charge in [0.05, 0.1) is 49.9 Å². The molecule has 192 valence electrons. The molecule has 10 heteroatoms. The number of aryl methyl sites for hydroxylation is 1. The van der Waals surface area contributed by atoms with Crippen molar-refractivity contribution in [1.29, 1.82) is 0 Å². The van der Waals surface area contributed by atoms with Gasteiger partial charge in [0.15, 0.2) is 5.84 Å². The number of amidine groups is 1. The first-order chi connectivity index (χ1) is 18.0. The normalized spacial score (nSPS) is 24.5. The molecule has 3 aromatic rings. The number of halogens is 1. The van der Waals surface area contributed by atoms with Crippen LogP contribution in [0.4, 0.5) is 4.39 Å². The summed E-state index contributed by atoms with van der Waals surface area (Å²) in [5.41, 5.74) is 4.12. The van der Waals surface area contributed by atoms with Gasteiger partial charge < -0.3 is 29.1 Å². The lowest BCUT2D eigenvalue weighted by atomic mass is 9.85. The fourth-order valence-corrected chi connectivity index (χ4v) is 5.30. The number of hydrogen-bond acceptors (Lipinski definition) is 8. The van der Waals surface area contributed by atoms with Gasteiger partial charge in [0.2, 0.25) is 0 Å². The van der Waals surface area contributed by atoms with Crippen molar-refractivity contribution >= 4 is 11.9 Å². The predicted molar refractivity (Wildman–Crippen MR) is 136 cm³/mol. The van der Waals surface area contributed by atoms with Crippen LogP contribution in [-0.2, 0) is 9.57 Å². The van der Waals surface area contributed by atoms with E-state index in [1.54, 1.807) is 19.5 Å². The second-order valence-electron chi connectivity index (χ2n) is 9.66. The van der Waals surface area contributed by atoms with Crippen molar-refractivity contribution < 1.29 is 18.7 Å². The van der Waals surface area contributed by atoms with E-state index < -0.39 is 5.60 Å². The first-order valence-corrected chi connectivity index (χ1v) is 12.4. The Labute approximate surface area is 214 Å². The van der Waals surface area contributed by atoms with Crippen molar-refractivity contribution in [3.8, 4) is 11.4 Å². The summed E-state index contributed by atoms with van der Waals surface area (Å²) in [6.45, 7) is 5.09. The number of imidazole rings is 1. The third-order valence-corrected chi connectivity index (χ3v) is 7.05. The number of piperidine rings is 1. The summed E-state index contributed by atoms with van der Waals surface area (Å²) in [7, 11) is 1.66. The smallest absolute Gasteiger partial charge is 0.172 e. The monoisotopic (exact) mass is 504 g/mol. The third-order valence-electron chi connectivity index (χ3n) is 7.05. The van der Waals surface area contributed by atoms with Gasteiger partial charge in [-0.05, 0) is 42.8 Å². The summed E-state index contributed by atoms with van der Waals surface area (Å²) in [4.78, 5) is 16.5. The lowest BCUT2D eigenvalue weighted by molar-refractivity contribution is -0.0923. The molecule has 3 aliphatic heterocycles. The van der Waals surface area contributed by atoms with Crippen LogP contribution in [0.1, 0.15) is 29.4 Å². The maximum absolute atomic E-state index is 13.6. The lowest BCUT2D eigenvalue weighted by Crippen LogP contribution is -2.62. The van der Waals surface area contributed by atoms with Crippen LogP contribution in [0, 0.1) is 12.7 Å². The summed E-state index contributed by atoms with van der Waals surface area (Å²) in [6.07, 6.45) is 7.77. The molecule has 6 rings (SSSR count). The number of benzene rings is 1. The maximum Gasteiger partial charge on any atom is 0.172 e. The summed E-state index contributed by atoms with van der Waals surface area (Å²) in [6, 6.07) is 9.00. The Morgan fingerprint density at radius 3 is 2.89 bits per heavy atom. The van der Waals surface area contributed by atoms with Crippen molar-refractivity contribution in [3.63, 3.8) is 0 Å². The van der Waals surface area contributed by atoms with Gasteiger partial charge in [0.25, 0.3) is 0 Å². The van der Waals surface area contributed by atoms with Gasteiger partial charge >= 0.3 is 0 Å². The van der Waals surface area contributed by atoms with E-state index in [2.05, 4.69) is 37.5 Å². The van der Waals surface area contributed by atoms with E-state index >= 15 is 0 Å². The van der Waals surface area contributed by atoms with Gasteiger partial charge in [-0.3, -0.25) is 4.98 Å². The number of pyridine rings is 1. The number of morpholine rings is 1. The molecule has 9 nitrogen and oxygen atoms in total. The molecule has 2 saturated heterocycles. The van der Waals surface area contributed by atoms with E-state index in [-0.39, 0.29) is 11.9 Å². The van der Waals surface area contributed by atoms with Crippen molar-refractivity contribution in [1.82, 2.24) is 24.8 Å². The zero-order valence-corrected chi connectivity index (χ0v) is 20.9. The number of hydrogen-bond donors (Lipinski definition) is 1. The number of fused-ring (bicyclic) bond motifs is 1. The topological polar surface area (TPSA) is 86.0 Å². The Hall–Kier alpha value is -3.76. The van der Waals surface area contributed by atoms with E-state index in [0.717, 1.165) is 52.9 Å². The number of nitrogens with one attached hydrogen (secondary N) is 1. The van der Waals surface area contributed by atoms with Gasteiger partial charge in [-0.25, -0.2) is 9.37 Å². The van der Waals surface area contributed by atoms with Crippen LogP contribution in [0.5, 0.6) is 5.75 Å². The van der Waals surface area contributed by atoms with Crippen LogP contribution in [-0.4, -0.2) is 70.8 Å². The highest BCUT2D eigenvalue weighted by Gasteiger charge is 2.46. The fourth-order valence-electron chi connectivity index (χ4n) is 5.30. The van der Waals surface area contributed by atoms with Crippen LogP contribution in [0.2, 0.25) is 0 Å². The molecule has 2 unspecified atom stereocenters. The van der Waals surface area contributed by atoms with Gasteiger partial charge in [-0.15, -0.1) is 0 Å². The number of nitrogens with zero attached hydrogens (tertiary/aromatic N) is 5. The fraction of sp³-hybridized carbons (Fsp3) is 0.370. The molecule has 2 fully saturated rings. The van der Waals surface area contributed by atoms with E-state index in [0.29, 0.717) is 26.2 Å². The molecule has 0 amide bonds. The molecule has 0 aliphatic carbocycles. The quantitative estimate of drug-likeness (QED) is 0.584. The van der Waals surface area contributed by atoms with Gasteiger partial charge in [-0.2, -0.15) is 0 Å². The van der Waals surface area contributed by atoms with Crippen LogP contribution in [0.25, 0.3) is 11.8 Å². The number of methoxy groups -OCH3 is 1. The Morgan fingerprint density at radius 2 is 2.16 bits per heavy atom.